The monoisotopic (exact) mass is 452 g/mol. The number of aromatic nitrogens is 1. The van der Waals surface area contributed by atoms with Gasteiger partial charge in [-0.15, -0.1) is 12.4 Å². The lowest BCUT2D eigenvalue weighted by atomic mass is 10.0. The zero-order valence-electron chi connectivity index (χ0n) is 17.2. The largest absolute Gasteiger partial charge is 0.493 e. The minimum absolute atomic E-state index is 0. The highest BCUT2D eigenvalue weighted by Crippen LogP contribution is 2.27. The van der Waals surface area contributed by atoms with Crippen LogP contribution in [0.25, 0.3) is 0 Å². The third-order valence-electron chi connectivity index (χ3n) is 4.94. The Bertz CT molecular complexity index is 1000. The SMILES string of the molecule is COc1ccc(CCNC(Cc2csc(=O)n2C)c2ccc(F)cc2)cc1OC.Cl. The van der Waals surface area contributed by atoms with Gasteiger partial charge in [-0.2, -0.15) is 0 Å². The summed E-state index contributed by atoms with van der Waals surface area (Å²) in [6.07, 6.45) is 1.44. The summed E-state index contributed by atoms with van der Waals surface area (Å²) in [6.45, 7) is 0.718. The van der Waals surface area contributed by atoms with E-state index in [1.54, 1.807) is 38.0 Å². The maximum Gasteiger partial charge on any atom is 0.307 e. The van der Waals surface area contributed by atoms with E-state index >= 15 is 0 Å². The van der Waals surface area contributed by atoms with Crippen LogP contribution in [0, 0.1) is 5.82 Å². The molecule has 0 bridgehead atoms. The highest BCUT2D eigenvalue weighted by Gasteiger charge is 2.15. The first kappa shape index (κ1) is 23.9. The summed E-state index contributed by atoms with van der Waals surface area (Å²) >= 11 is 1.19. The quantitative estimate of drug-likeness (QED) is 0.530. The molecule has 1 unspecified atom stereocenters. The Labute approximate surface area is 185 Å². The molecular weight excluding hydrogens is 427 g/mol. The molecule has 0 saturated heterocycles. The number of methoxy groups -OCH3 is 2. The van der Waals surface area contributed by atoms with E-state index in [-0.39, 0.29) is 29.1 Å². The van der Waals surface area contributed by atoms with Gasteiger partial charge in [-0.05, 0) is 48.4 Å². The third-order valence-corrected chi connectivity index (χ3v) is 5.80. The van der Waals surface area contributed by atoms with E-state index in [1.807, 2.05) is 23.6 Å². The molecule has 0 aliphatic heterocycles. The first-order valence-corrected chi connectivity index (χ1v) is 10.2. The molecule has 3 rings (SSSR count). The predicted octanol–water partition coefficient (Wildman–Crippen LogP) is 4.14. The van der Waals surface area contributed by atoms with Crippen molar-refractivity contribution in [1.82, 2.24) is 9.88 Å². The van der Waals surface area contributed by atoms with Crippen LogP contribution in [-0.4, -0.2) is 25.3 Å². The highest BCUT2D eigenvalue weighted by atomic mass is 35.5. The predicted molar refractivity (Wildman–Crippen MR) is 121 cm³/mol. The molecule has 1 atom stereocenters. The molecule has 162 valence electrons. The Kier molecular flexibility index (Phi) is 8.89. The lowest BCUT2D eigenvalue weighted by Crippen LogP contribution is -2.27. The van der Waals surface area contributed by atoms with Crippen molar-refractivity contribution in [2.45, 2.75) is 18.9 Å². The Balaban J connectivity index is 0.00000320. The molecule has 0 aliphatic rings. The van der Waals surface area contributed by atoms with Gasteiger partial charge in [0.25, 0.3) is 0 Å². The Morgan fingerprint density at radius 3 is 2.40 bits per heavy atom. The van der Waals surface area contributed by atoms with Crippen LogP contribution in [0.3, 0.4) is 0 Å². The van der Waals surface area contributed by atoms with E-state index in [2.05, 4.69) is 5.32 Å². The average Bonchev–Trinajstić information content (AvgIpc) is 3.05. The first-order chi connectivity index (χ1) is 14.0. The second kappa shape index (κ2) is 11.2. The standard InChI is InChI=1S/C22H25FN2O3S.ClH/c1-25-18(14-29-22(25)26)13-19(16-5-7-17(23)8-6-16)24-11-10-15-4-9-20(27-2)21(12-15)28-3;/h4-9,12,14,19,24H,10-11,13H2,1-3H3;1H. The molecule has 0 fully saturated rings. The molecule has 5 nitrogen and oxygen atoms in total. The number of nitrogens with zero attached hydrogens (tertiary/aromatic N) is 1. The lowest BCUT2D eigenvalue weighted by Gasteiger charge is -2.20. The van der Waals surface area contributed by atoms with Crippen LogP contribution in [0.4, 0.5) is 4.39 Å². The molecule has 0 saturated carbocycles. The van der Waals surface area contributed by atoms with E-state index in [0.29, 0.717) is 17.9 Å². The molecule has 8 heteroatoms. The second-order valence-electron chi connectivity index (χ2n) is 6.75. The molecule has 0 amide bonds. The number of thiazole rings is 1. The van der Waals surface area contributed by atoms with Gasteiger partial charge in [-0.25, -0.2) is 4.39 Å². The number of hydrogen-bond acceptors (Lipinski definition) is 5. The summed E-state index contributed by atoms with van der Waals surface area (Å²) in [5.41, 5.74) is 3.06. The Hall–Kier alpha value is -2.35. The molecule has 0 radical (unpaired) electrons. The van der Waals surface area contributed by atoms with Crippen LogP contribution in [-0.2, 0) is 19.9 Å². The van der Waals surface area contributed by atoms with Crippen LogP contribution in [0.15, 0.2) is 52.6 Å². The average molecular weight is 453 g/mol. The molecule has 1 N–H and O–H groups in total. The number of hydrogen-bond donors (Lipinski definition) is 1. The van der Waals surface area contributed by atoms with Gasteiger partial charge >= 0.3 is 4.87 Å². The number of ether oxygens (including phenoxy) is 2. The number of benzene rings is 2. The fourth-order valence-electron chi connectivity index (χ4n) is 3.22. The maximum absolute atomic E-state index is 13.4. The van der Waals surface area contributed by atoms with Crippen molar-refractivity contribution in [2.24, 2.45) is 7.05 Å². The van der Waals surface area contributed by atoms with Crippen LogP contribution < -0.4 is 19.7 Å². The van der Waals surface area contributed by atoms with Crippen molar-refractivity contribution in [3.8, 4) is 11.5 Å². The summed E-state index contributed by atoms with van der Waals surface area (Å²) in [5, 5.41) is 5.43. The molecular formula is C22H26ClFN2O3S. The number of nitrogens with one attached hydrogen (secondary N) is 1. The normalized spacial score (nSPS) is 11.6. The van der Waals surface area contributed by atoms with E-state index < -0.39 is 0 Å². The first-order valence-electron chi connectivity index (χ1n) is 9.35. The number of rotatable bonds is 9. The molecule has 30 heavy (non-hydrogen) atoms. The molecule has 0 aliphatic carbocycles. The van der Waals surface area contributed by atoms with Gasteiger partial charge in [0.1, 0.15) is 5.82 Å². The van der Waals surface area contributed by atoms with Gasteiger partial charge in [-0.1, -0.05) is 29.5 Å². The maximum atomic E-state index is 13.4. The minimum Gasteiger partial charge on any atom is -0.493 e. The van der Waals surface area contributed by atoms with Gasteiger partial charge < -0.3 is 19.4 Å². The van der Waals surface area contributed by atoms with Crippen LogP contribution in [0.5, 0.6) is 11.5 Å². The van der Waals surface area contributed by atoms with Gasteiger partial charge in [0.2, 0.25) is 0 Å². The molecule has 1 aromatic heterocycles. The smallest absolute Gasteiger partial charge is 0.307 e. The van der Waals surface area contributed by atoms with Crippen LogP contribution in [0.2, 0.25) is 0 Å². The molecule has 3 aromatic rings. The zero-order valence-corrected chi connectivity index (χ0v) is 18.8. The Morgan fingerprint density at radius 1 is 1.10 bits per heavy atom. The van der Waals surface area contributed by atoms with E-state index in [1.165, 1.54) is 23.5 Å². The number of halogens is 2. The molecule has 1 heterocycles. The minimum atomic E-state index is -0.263. The zero-order chi connectivity index (χ0) is 20.8. The molecule has 2 aromatic carbocycles. The summed E-state index contributed by atoms with van der Waals surface area (Å²) in [5.74, 6) is 1.14. The van der Waals surface area contributed by atoms with Gasteiger partial charge in [-0.3, -0.25) is 4.79 Å². The van der Waals surface area contributed by atoms with E-state index in [4.69, 9.17) is 9.47 Å². The molecule has 0 spiro atoms. The van der Waals surface area contributed by atoms with Crippen molar-refractivity contribution in [2.75, 3.05) is 20.8 Å². The fraction of sp³-hybridized carbons (Fsp3) is 0.318. The van der Waals surface area contributed by atoms with Gasteiger partial charge in [0.15, 0.2) is 11.5 Å². The van der Waals surface area contributed by atoms with Crippen molar-refractivity contribution < 1.29 is 13.9 Å². The van der Waals surface area contributed by atoms with Crippen molar-refractivity contribution >= 4 is 23.7 Å². The van der Waals surface area contributed by atoms with Crippen molar-refractivity contribution in [3.05, 3.63) is 80.2 Å². The topological polar surface area (TPSA) is 52.5 Å². The third kappa shape index (κ3) is 5.84. The van der Waals surface area contributed by atoms with Crippen molar-refractivity contribution in [1.29, 1.82) is 0 Å². The fourth-order valence-corrected chi connectivity index (χ4v) is 3.98. The summed E-state index contributed by atoms with van der Waals surface area (Å²) < 4.78 is 25.7. The summed E-state index contributed by atoms with van der Waals surface area (Å²) in [6, 6.07) is 12.3. The second-order valence-corrected chi connectivity index (χ2v) is 7.57. The van der Waals surface area contributed by atoms with E-state index in [9.17, 15) is 9.18 Å². The summed E-state index contributed by atoms with van der Waals surface area (Å²) in [7, 11) is 5.01. The van der Waals surface area contributed by atoms with Crippen LogP contribution >= 0.6 is 23.7 Å². The summed E-state index contributed by atoms with van der Waals surface area (Å²) in [4.78, 5) is 11.8. The van der Waals surface area contributed by atoms with Gasteiger partial charge in [0.05, 0.1) is 14.2 Å². The lowest BCUT2D eigenvalue weighted by molar-refractivity contribution is 0.354. The highest BCUT2D eigenvalue weighted by molar-refractivity contribution is 7.07. The van der Waals surface area contributed by atoms with Crippen molar-refractivity contribution in [3.63, 3.8) is 0 Å². The van der Waals surface area contributed by atoms with Crippen LogP contribution in [0.1, 0.15) is 22.9 Å². The van der Waals surface area contributed by atoms with E-state index in [0.717, 1.165) is 29.8 Å². The van der Waals surface area contributed by atoms with Gasteiger partial charge in [0, 0.05) is 30.6 Å². The Morgan fingerprint density at radius 2 is 1.80 bits per heavy atom.